The average Bonchev–Trinajstić information content (AvgIpc) is 3.08. The van der Waals surface area contributed by atoms with E-state index in [1.807, 2.05) is 6.07 Å². The summed E-state index contributed by atoms with van der Waals surface area (Å²) in [4.78, 5) is 0. The SMILES string of the molecule is CCCNC(c1cc(Br)ccc1F)C1CC1. The van der Waals surface area contributed by atoms with Crippen molar-refractivity contribution in [2.45, 2.75) is 32.2 Å². The Bertz CT molecular complexity index is 363. The lowest BCUT2D eigenvalue weighted by Gasteiger charge is -2.19. The van der Waals surface area contributed by atoms with Crippen molar-refractivity contribution in [3.05, 3.63) is 34.1 Å². The summed E-state index contributed by atoms with van der Waals surface area (Å²) in [5, 5.41) is 3.45. The minimum Gasteiger partial charge on any atom is -0.310 e. The molecule has 1 fully saturated rings. The first kappa shape index (κ1) is 12.1. The number of rotatable bonds is 5. The Kier molecular flexibility index (Phi) is 3.98. The van der Waals surface area contributed by atoms with Crippen molar-refractivity contribution in [2.75, 3.05) is 6.54 Å². The van der Waals surface area contributed by atoms with Crippen LogP contribution in [0.1, 0.15) is 37.8 Å². The van der Waals surface area contributed by atoms with E-state index in [9.17, 15) is 4.39 Å². The summed E-state index contributed by atoms with van der Waals surface area (Å²) in [6.45, 7) is 3.08. The molecule has 0 heterocycles. The van der Waals surface area contributed by atoms with Crippen LogP contribution in [0.25, 0.3) is 0 Å². The van der Waals surface area contributed by atoms with E-state index in [-0.39, 0.29) is 11.9 Å². The van der Waals surface area contributed by atoms with E-state index in [1.54, 1.807) is 12.1 Å². The average molecular weight is 286 g/mol. The van der Waals surface area contributed by atoms with Crippen LogP contribution >= 0.6 is 15.9 Å². The molecule has 0 aromatic heterocycles. The van der Waals surface area contributed by atoms with Crippen LogP contribution < -0.4 is 5.32 Å². The van der Waals surface area contributed by atoms with Crippen LogP contribution in [0, 0.1) is 11.7 Å². The van der Waals surface area contributed by atoms with Gasteiger partial charge in [0.25, 0.3) is 0 Å². The standard InChI is InChI=1S/C13H17BrFN/c1-2-7-16-13(9-3-4-9)11-8-10(14)5-6-12(11)15/h5-6,8-9,13,16H,2-4,7H2,1H3. The topological polar surface area (TPSA) is 12.0 Å². The fourth-order valence-corrected chi connectivity index (χ4v) is 2.39. The smallest absolute Gasteiger partial charge is 0.128 e. The van der Waals surface area contributed by atoms with E-state index >= 15 is 0 Å². The molecule has 1 saturated carbocycles. The highest BCUT2D eigenvalue weighted by Gasteiger charge is 2.33. The number of benzene rings is 1. The molecule has 1 aliphatic carbocycles. The molecule has 88 valence electrons. The quantitative estimate of drug-likeness (QED) is 0.861. The van der Waals surface area contributed by atoms with Crippen molar-refractivity contribution in [3.8, 4) is 0 Å². The van der Waals surface area contributed by atoms with Gasteiger partial charge in [0.2, 0.25) is 0 Å². The zero-order valence-corrected chi connectivity index (χ0v) is 11.1. The van der Waals surface area contributed by atoms with E-state index in [2.05, 4.69) is 28.2 Å². The van der Waals surface area contributed by atoms with Crippen LogP contribution in [-0.2, 0) is 0 Å². The second kappa shape index (κ2) is 5.28. The second-order valence-electron chi connectivity index (χ2n) is 4.44. The van der Waals surface area contributed by atoms with Crippen LogP contribution in [0.15, 0.2) is 22.7 Å². The molecule has 0 saturated heterocycles. The van der Waals surface area contributed by atoms with Crippen molar-refractivity contribution in [2.24, 2.45) is 5.92 Å². The zero-order chi connectivity index (χ0) is 11.5. The molecule has 1 aromatic carbocycles. The van der Waals surface area contributed by atoms with Gasteiger partial charge in [-0.1, -0.05) is 22.9 Å². The van der Waals surface area contributed by atoms with Crippen molar-refractivity contribution < 1.29 is 4.39 Å². The number of nitrogens with one attached hydrogen (secondary N) is 1. The summed E-state index contributed by atoms with van der Waals surface area (Å²) < 4.78 is 14.7. The maximum Gasteiger partial charge on any atom is 0.128 e. The van der Waals surface area contributed by atoms with Crippen LogP contribution in [0.4, 0.5) is 4.39 Å². The normalized spacial score (nSPS) is 17.4. The van der Waals surface area contributed by atoms with Gasteiger partial charge in [-0.3, -0.25) is 0 Å². The Morgan fingerprint density at radius 3 is 2.88 bits per heavy atom. The summed E-state index contributed by atoms with van der Waals surface area (Å²) in [5.74, 6) is 0.527. The van der Waals surface area contributed by atoms with Crippen molar-refractivity contribution in [1.29, 1.82) is 0 Å². The predicted molar refractivity (Wildman–Crippen MR) is 67.9 cm³/mol. The first-order chi connectivity index (χ1) is 7.72. The highest BCUT2D eigenvalue weighted by atomic mass is 79.9. The molecule has 1 N–H and O–H groups in total. The van der Waals surface area contributed by atoms with Gasteiger partial charge in [-0.25, -0.2) is 4.39 Å². The van der Waals surface area contributed by atoms with Gasteiger partial charge in [-0.2, -0.15) is 0 Å². The third-order valence-electron chi connectivity index (χ3n) is 3.00. The minimum atomic E-state index is -0.0938. The molecular formula is C13H17BrFN. The van der Waals surface area contributed by atoms with Gasteiger partial charge in [0.05, 0.1) is 0 Å². The fraction of sp³-hybridized carbons (Fsp3) is 0.538. The largest absolute Gasteiger partial charge is 0.310 e. The van der Waals surface area contributed by atoms with Crippen LogP contribution in [0.2, 0.25) is 0 Å². The Balaban J connectivity index is 2.19. The van der Waals surface area contributed by atoms with Gasteiger partial charge >= 0.3 is 0 Å². The summed E-state index contributed by atoms with van der Waals surface area (Å²) in [6, 6.07) is 5.39. The molecule has 0 radical (unpaired) electrons. The molecule has 0 aliphatic heterocycles. The molecule has 0 amide bonds. The summed E-state index contributed by atoms with van der Waals surface area (Å²) in [6.07, 6.45) is 3.51. The predicted octanol–water partition coefficient (Wildman–Crippen LogP) is 4.04. The molecule has 16 heavy (non-hydrogen) atoms. The molecule has 0 spiro atoms. The molecule has 1 aliphatic rings. The highest BCUT2D eigenvalue weighted by molar-refractivity contribution is 9.10. The maximum atomic E-state index is 13.8. The molecule has 1 aromatic rings. The minimum absolute atomic E-state index is 0.0938. The molecule has 0 bridgehead atoms. The van der Waals surface area contributed by atoms with Crippen molar-refractivity contribution >= 4 is 15.9 Å². The summed E-state index contributed by atoms with van der Waals surface area (Å²) >= 11 is 3.41. The lowest BCUT2D eigenvalue weighted by molar-refractivity contribution is 0.457. The van der Waals surface area contributed by atoms with Crippen LogP contribution in [0.5, 0.6) is 0 Å². The molecule has 1 nitrogen and oxygen atoms in total. The lowest BCUT2D eigenvalue weighted by Crippen LogP contribution is -2.24. The molecule has 1 unspecified atom stereocenters. The van der Waals surface area contributed by atoms with E-state index in [0.29, 0.717) is 5.92 Å². The van der Waals surface area contributed by atoms with Gasteiger partial charge in [0, 0.05) is 16.1 Å². The van der Waals surface area contributed by atoms with E-state index in [1.165, 1.54) is 12.8 Å². The summed E-state index contributed by atoms with van der Waals surface area (Å²) in [5.41, 5.74) is 0.810. The first-order valence-electron chi connectivity index (χ1n) is 5.90. The van der Waals surface area contributed by atoms with Gasteiger partial charge in [-0.05, 0) is 49.9 Å². The van der Waals surface area contributed by atoms with Gasteiger partial charge in [0.1, 0.15) is 5.82 Å². The third kappa shape index (κ3) is 2.83. The van der Waals surface area contributed by atoms with Crippen molar-refractivity contribution in [3.63, 3.8) is 0 Å². The molecule has 2 rings (SSSR count). The Hall–Kier alpha value is -0.410. The van der Waals surface area contributed by atoms with Gasteiger partial charge in [-0.15, -0.1) is 0 Å². The third-order valence-corrected chi connectivity index (χ3v) is 3.49. The Labute approximate surface area is 105 Å². The molecular weight excluding hydrogens is 269 g/mol. The molecule has 1 atom stereocenters. The first-order valence-corrected chi connectivity index (χ1v) is 6.70. The number of halogens is 2. The maximum absolute atomic E-state index is 13.8. The Morgan fingerprint density at radius 2 is 2.25 bits per heavy atom. The van der Waals surface area contributed by atoms with Gasteiger partial charge in [0.15, 0.2) is 0 Å². The van der Waals surface area contributed by atoms with Crippen LogP contribution in [-0.4, -0.2) is 6.54 Å². The van der Waals surface area contributed by atoms with E-state index in [0.717, 1.165) is 23.0 Å². The molecule has 3 heteroatoms. The number of hydrogen-bond donors (Lipinski definition) is 1. The second-order valence-corrected chi connectivity index (χ2v) is 5.35. The van der Waals surface area contributed by atoms with E-state index < -0.39 is 0 Å². The lowest BCUT2D eigenvalue weighted by atomic mass is 10.0. The monoisotopic (exact) mass is 285 g/mol. The Morgan fingerprint density at radius 1 is 1.50 bits per heavy atom. The fourth-order valence-electron chi connectivity index (χ4n) is 2.01. The zero-order valence-electron chi connectivity index (χ0n) is 9.47. The number of hydrogen-bond acceptors (Lipinski definition) is 1. The summed E-state index contributed by atoms with van der Waals surface area (Å²) in [7, 11) is 0. The van der Waals surface area contributed by atoms with E-state index in [4.69, 9.17) is 0 Å². The van der Waals surface area contributed by atoms with Crippen molar-refractivity contribution in [1.82, 2.24) is 5.32 Å². The van der Waals surface area contributed by atoms with Crippen LogP contribution in [0.3, 0.4) is 0 Å². The highest BCUT2D eigenvalue weighted by Crippen LogP contribution is 2.42. The van der Waals surface area contributed by atoms with Gasteiger partial charge < -0.3 is 5.32 Å².